The third-order valence-corrected chi connectivity index (χ3v) is 5.05. The molecule has 1 aromatic rings. The Morgan fingerprint density at radius 3 is 2.30 bits per heavy atom. The summed E-state index contributed by atoms with van der Waals surface area (Å²) < 4.78 is 0. The summed E-state index contributed by atoms with van der Waals surface area (Å²) in [6.07, 6.45) is 1.48. The molecule has 2 heterocycles. The van der Waals surface area contributed by atoms with Gasteiger partial charge < -0.3 is 9.80 Å². The summed E-state index contributed by atoms with van der Waals surface area (Å²) in [7, 11) is 0. The number of nitrogens with zero attached hydrogens (tertiary/aromatic N) is 2. The molecule has 0 unspecified atom stereocenters. The Balaban J connectivity index is 1.69. The van der Waals surface area contributed by atoms with Crippen LogP contribution in [0.3, 0.4) is 0 Å². The smallest absolute Gasteiger partial charge is 0.228 e. The van der Waals surface area contributed by atoms with Crippen molar-refractivity contribution in [3.05, 3.63) is 29.3 Å². The summed E-state index contributed by atoms with van der Waals surface area (Å²) in [5.74, 6) is 0.993. The fourth-order valence-electron chi connectivity index (χ4n) is 3.84. The van der Waals surface area contributed by atoms with Gasteiger partial charge in [0.2, 0.25) is 11.8 Å². The molecule has 2 amide bonds. The lowest BCUT2D eigenvalue weighted by Crippen LogP contribution is -2.45. The van der Waals surface area contributed by atoms with Crippen molar-refractivity contribution in [2.24, 2.45) is 17.8 Å². The van der Waals surface area contributed by atoms with E-state index in [0.717, 1.165) is 18.8 Å². The zero-order valence-electron chi connectivity index (χ0n) is 13.7. The van der Waals surface area contributed by atoms with Gasteiger partial charge in [0, 0.05) is 36.8 Å². The van der Waals surface area contributed by atoms with E-state index in [0.29, 0.717) is 29.8 Å². The van der Waals surface area contributed by atoms with Gasteiger partial charge >= 0.3 is 0 Å². The first-order valence-electron chi connectivity index (χ1n) is 8.28. The molecule has 4 nitrogen and oxygen atoms in total. The van der Waals surface area contributed by atoms with E-state index in [2.05, 4.69) is 13.8 Å². The number of carbonyl (C=O) groups excluding carboxylic acids is 2. The predicted octanol–water partition coefficient (Wildman–Crippen LogP) is 3.20. The van der Waals surface area contributed by atoms with Gasteiger partial charge in [-0.2, -0.15) is 0 Å². The summed E-state index contributed by atoms with van der Waals surface area (Å²) in [5.41, 5.74) is 0.815. The third-order valence-electron chi connectivity index (χ3n) is 4.79. The Morgan fingerprint density at radius 2 is 1.70 bits per heavy atom. The van der Waals surface area contributed by atoms with Crippen LogP contribution < -0.4 is 4.90 Å². The molecule has 23 heavy (non-hydrogen) atoms. The molecule has 2 aliphatic rings. The number of hydrogen-bond donors (Lipinski definition) is 0. The second-order valence-corrected chi connectivity index (χ2v) is 7.51. The number of amides is 2. The summed E-state index contributed by atoms with van der Waals surface area (Å²) in [4.78, 5) is 28.8. The Morgan fingerprint density at radius 1 is 1.09 bits per heavy atom. The van der Waals surface area contributed by atoms with Crippen molar-refractivity contribution in [1.82, 2.24) is 4.90 Å². The zero-order valence-corrected chi connectivity index (χ0v) is 14.4. The van der Waals surface area contributed by atoms with Crippen LogP contribution in [-0.2, 0) is 9.59 Å². The lowest BCUT2D eigenvalue weighted by Gasteiger charge is -2.36. The van der Waals surface area contributed by atoms with Crippen molar-refractivity contribution in [2.75, 3.05) is 24.5 Å². The molecule has 2 fully saturated rings. The maximum atomic E-state index is 12.8. The predicted molar refractivity (Wildman–Crippen MR) is 91.4 cm³/mol. The van der Waals surface area contributed by atoms with E-state index < -0.39 is 0 Å². The first-order valence-corrected chi connectivity index (χ1v) is 8.66. The van der Waals surface area contributed by atoms with E-state index in [1.165, 1.54) is 6.42 Å². The standard InChI is InChI=1S/C18H23ClN2O2/c1-12-7-13(2)10-20(9-12)18(23)14-8-17(22)21(11-14)16-5-3-15(19)4-6-16/h3-6,12-14H,7-11H2,1-2H3/t12-,13-,14+/m0/s1. The van der Waals surface area contributed by atoms with Gasteiger partial charge in [0.05, 0.1) is 5.92 Å². The van der Waals surface area contributed by atoms with Crippen molar-refractivity contribution >= 4 is 29.1 Å². The van der Waals surface area contributed by atoms with Gasteiger partial charge in [0.25, 0.3) is 0 Å². The molecule has 0 aliphatic carbocycles. The number of hydrogen-bond acceptors (Lipinski definition) is 2. The van der Waals surface area contributed by atoms with E-state index in [1.807, 2.05) is 17.0 Å². The van der Waals surface area contributed by atoms with Crippen LogP contribution in [0.5, 0.6) is 0 Å². The Bertz CT molecular complexity index is 592. The minimum atomic E-state index is -0.226. The number of benzene rings is 1. The number of carbonyl (C=O) groups is 2. The molecule has 1 aromatic carbocycles. The maximum Gasteiger partial charge on any atom is 0.228 e. The minimum Gasteiger partial charge on any atom is -0.342 e. The largest absolute Gasteiger partial charge is 0.342 e. The average molecular weight is 335 g/mol. The SMILES string of the molecule is C[C@H]1C[C@H](C)CN(C(=O)[C@@H]2CC(=O)N(c3ccc(Cl)cc3)C2)C1. The first kappa shape index (κ1) is 16.3. The van der Waals surface area contributed by atoms with Gasteiger partial charge in [-0.25, -0.2) is 0 Å². The van der Waals surface area contributed by atoms with Gasteiger partial charge in [-0.15, -0.1) is 0 Å². The van der Waals surface area contributed by atoms with Crippen LogP contribution in [0.25, 0.3) is 0 Å². The molecule has 3 atom stereocenters. The molecule has 0 aromatic heterocycles. The molecule has 2 aliphatic heterocycles. The highest BCUT2D eigenvalue weighted by Gasteiger charge is 2.38. The molecule has 0 N–H and O–H groups in total. The summed E-state index contributed by atoms with van der Waals surface area (Å²) in [6.45, 7) is 6.48. The van der Waals surface area contributed by atoms with E-state index in [9.17, 15) is 9.59 Å². The molecule has 124 valence electrons. The molecule has 0 saturated carbocycles. The lowest BCUT2D eigenvalue weighted by molar-refractivity contribution is -0.138. The highest BCUT2D eigenvalue weighted by Crippen LogP contribution is 2.29. The van der Waals surface area contributed by atoms with Crippen LogP contribution in [0, 0.1) is 17.8 Å². The molecule has 3 rings (SSSR count). The topological polar surface area (TPSA) is 40.6 Å². The van der Waals surface area contributed by atoms with E-state index >= 15 is 0 Å². The average Bonchev–Trinajstić information content (AvgIpc) is 2.88. The van der Waals surface area contributed by atoms with E-state index in [-0.39, 0.29) is 17.7 Å². The Hall–Kier alpha value is -1.55. The second-order valence-electron chi connectivity index (χ2n) is 7.07. The first-order chi connectivity index (χ1) is 10.9. The monoisotopic (exact) mass is 334 g/mol. The lowest BCUT2D eigenvalue weighted by atomic mass is 9.91. The highest BCUT2D eigenvalue weighted by atomic mass is 35.5. The van der Waals surface area contributed by atoms with Crippen molar-refractivity contribution < 1.29 is 9.59 Å². The molecular weight excluding hydrogens is 312 g/mol. The van der Waals surface area contributed by atoms with E-state index in [4.69, 9.17) is 11.6 Å². The van der Waals surface area contributed by atoms with Gasteiger partial charge in [0.15, 0.2) is 0 Å². The van der Waals surface area contributed by atoms with Crippen LogP contribution >= 0.6 is 11.6 Å². The third kappa shape index (κ3) is 3.52. The van der Waals surface area contributed by atoms with Crippen molar-refractivity contribution in [2.45, 2.75) is 26.7 Å². The minimum absolute atomic E-state index is 0.0174. The fourth-order valence-corrected chi connectivity index (χ4v) is 3.97. The maximum absolute atomic E-state index is 12.8. The fraction of sp³-hybridized carbons (Fsp3) is 0.556. The molecular formula is C18H23ClN2O2. The van der Waals surface area contributed by atoms with Gasteiger partial charge in [-0.1, -0.05) is 25.4 Å². The number of halogens is 1. The Kier molecular flexibility index (Phi) is 4.62. The number of likely N-dealkylation sites (tertiary alicyclic amines) is 1. The van der Waals surface area contributed by atoms with Gasteiger partial charge in [-0.3, -0.25) is 9.59 Å². The molecule has 0 bridgehead atoms. The van der Waals surface area contributed by atoms with Crippen LogP contribution in [0.1, 0.15) is 26.7 Å². The van der Waals surface area contributed by atoms with Crippen molar-refractivity contribution in [3.63, 3.8) is 0 Å². The van der Waals surface area contributed by atoms with Crippen molar-refractivity contribution in [1.29, 1.82) is 0 Å². The quantitative estimate of drug-likeness (QED) is 0.833. The van der Waals surface area contributed by atoms with Crippen LogP contribution in [0.4, 0.5) is 5.69 Å². The number of anilines is 1. The van der Waals surface area contributed by atoms with Gasteiger partial charge in [0.1, 0.15) is 0 Å². The van der Waals surface area contributed by atoms with Crippen LogP contribution in [0.15, 0.2) is 24.3 Å². The van der Waals surface area contributed by atoms with Crippen molar-refractivity contribution in [3.8, 4) is 0 Å². The highest BCUT2D eigenvalue weighted by molar-refractivity contribution is 6.30. The summed E-state index contributed by atoms with van der Waals surface area (Å²) >= 11 is 5.90. The summed E-state index contributed by atoms with van der Waals surface area (Å²) in [6, 6.07) is 7.21. The van der Waals surface area contributed by atoms with Gasteiger partial charge in [-0.05, 0) is 42.5 Å². The normalized spacial score (nSPS) is 28.3. The second kappa shape index (κ2) is 6.52. The number of rotatable bonds is 2. The molecule has 2 saturated heterocycles. The zero-order chi connectivity index (χ0) is 16.6. The van der Waals surface area contributed by atoms with Crippen LogP contribution in [-0.4, -0.2) is 36.3 Å². The molecule has 0 spiro atoms. The molecule has 5 heteroatoms. The summed E-state index contributed by atoms with van der Waals surface area (Å²) in [5, 5.41) is 0.643. The number of piperidine rings is 1. The van der Waals surface area contributed by atoms with Crippen LogP contribution in [0.2, 0.25) is 5.02 Å². The molecule has 0 radical (unpaired) electrons. The van der Waals surface area contributed by atoms with E-state index in [1.54, 1.807) is 17.0 Å². The Labute approximate surface area is 142 Å².